The van der Waals surface area contributed by atoms with Crippen LogP contribution in [-0.2, 0) is 24.0 Å². The minimum atomic E-state index is 0.398. The van der Waals surface area contributed by atoms with Gasteiger partial charge in [0.2, 0.25) is 0 Å². The largest absolute Gasteiger partial charge is 0.381 e. The van der Waals surface area contributed by atoms with Crippen molar-refractivity contribution >= 4 is 11.5 Å². The number of nitrogens with zero attached hydrogens (tertiary/aromatic N) is 4. The second-order valence-electron chi connectivity index (χ2n) is 9.18. The molecule has 0 radical (unpaired) electrons. The summed E-state index contributed by atoms with van der Waals surface area (Å²) in [7, 11) is 0. The summed E-state index contributed by atoms with van der Waals surface area (Å²) in [5.74, 6) is 3.24. The van der Waals surface area contributed by atoms with Gasteiger partial charge in [0.25, 0.3) is 0 Å². The molecule has 0 unspecified atom stereocenters. The Morgan fingerprint density at radius 3 is 2.84 bits per heavy atom. The summed E-state index contributed by atoms with van der Waals surface area (Å²) in [4.78, 5) is 17.2. The Balaban J connectivity index is 1.63. The summed E-state index contributed by atoms with van der Waals surface area (Å²) in [5, 5.41) is 0. The molecule has 0 aliphatic carbocycles. The van der Waals surface area contributed by atoms with Gasteiger partial charge in [-0.3, -0.25) is 4.98 Å². The monoisotopic (exact) mass is 420 g/mol. The summed E-state index contributed by atoms with van der Waals surface area (Å²) >= 11 is 0. The van der Waals surface area contributed by atoms with Crippen molar-refractivity contribution in [3.8, 4) is 0 Å². The van der Waals surface area contributed by atoms with Crippen molar-refractivity contribution in [3.05, 3.63) is 53.3 Å². The third-order valence-corrected chi connectivity index (χ3v) is 6.39. The molecule has 0 atom stereocenters. The average molecular weight is 421 g/mol. The van der Waals surface area contributed by atoms with E-state index in [0.29, 0.717) is 5.92 Å². The van der Waals surface area contributed by atoms with Crippen molar-refractivity contribution in [3.63, 3.8) is 0 Å². The summed E-state index contributed by atoms with van der Waals surface area (Å²) in [6.45, 7) is 9.22. The van der Waals surface area contributed by atoms with Crippen LogP contribution in [0, 0.1) is 5.92 Å². The molecule has 2 aromatic rings. The lowest BCUT2D eigenvalue weighted by molar-refractivity contribution is 0.0835. The maximum absolute atomic E-state index is 5.58. The number of hydrogen-bond acceptors (Lipinski definition) is 5. The molecular weight excluding hydrogens is 384 g/mol. The van der Waals surface area contributed by atoms with Crippen molar-refractivity contribution in [2.75, 3.05) is 24.7 Å². The van der Waals surface area contributed by atoms with Crippen molar-refractivity contribution in [1.29, 1.82) is 0 Å². The molecule has 0 spiro atoms. The number of pyridine rings is 1. The molecule has 0 bridgehead atoms. The molecule has 2 aliphatic heterocycles. The Morgan fingerprint density at radius 1 is 1.23 bits per heavy atom. The topological polar surface area (TPSA) is 51.1 Å². The fourth-order valence-electron chi connectivity index (χ4n) is 4.59. The molecule has 1 fully saturated rings. The van der Waals surface area contributed by atoms with E-state index in [4.69, 9.17) is 14.7 Å². The zero-order valence-electron chi connectivity index (χ0n) is 19.3. The van der Waals surface area contributed by atoms with Gasteiger partial charge in [-0.15, -0.1) is 0 Å². The van der Waals surface area contributed by atoms with Gasteiger partial charge >= 0.3 is 0 Å². The van der Waals surface area contributed by atoms with Crippen LogP contribution in [0.2, 0.25) is 0 Å². The minimum absolute atomic E-state index is 0.398. The molecule has 2 aliphatic rings. The second-order valence-corrected chi connectivity index (χ2v) is 9.18. The summed E-state index contributed by atoms with van der Waals surface area (Å²) < 4.78 is 5.58. The van der Waals surface area contributed by atoms with E-state index in [2.05, 4.69) is 54.9 Å². The van der Waals surface area contributed by atoms with E-state index < -0.39 is 0 Å². The second kappa shape index (κ2) is 10.4. The number of allylic oxidation sites excluding steroid dienone is 2. The van der Waals surface area contributed by atoms with Crippen LogP contribution in [0.5, 0.6) is 0 Å². The van der Waals surface area contributed by atoms with Gasteiger partial charge in [0.1, 0.15) is 11.6 Å². The molecule has 1 saturated heterocycles. The van der Waals surface area contributed by atoms with E-state index in [1.54, 1.807) is 0 Å². The highest BCUT2D eigenvalue weighted by Crippen LogP contribution is 2.37. The van der Waals surface area contributed by atoms with Gasteiger partial charge < -0.3 is 9.64 Å². The van der Waals surface area contributed by atoms with Crippen molar-refractivity contribution in [2.24, 2.45) is 5.92 Å². The van der Waals surface area contributed by atoms with Gasteiger partial charge in [0, 0.05) is 55.2 Å². The molecule has 2 aromatic heterocycles. The van der Waals surface area contributed by atoms with Crippen molar-refractivity contribution in [2.45, 2.75) is 71.6 Å². The molecule has 5 heteroatoms. The van der Waals surface area contributed by atoms with E-state index in [-0.39, 0.29) is 0 Å². The average Bonchev–Trinajstić information content (AvgIpc) is 3.22. The maximum Gasteiger partial charge on any atom is 0.140 e. The van der Waals surface area contributed by atoms with Gasteiger partial charge in [-0.25, -0.2) is 9.97 Å². The van der Waals surface area contributed by atoms with Crippen LogP contribution in [0.1, 0.15) is 75.1 Å². The highest BCUT2D eigenvalue weighted by molar-refractivity contribution is 5.67. The molecule has 0 amide bonds. The van der Waals surface area contributed by atoms with Crippen LogP contribution in [0.25, 0.3) is 0 Å². The third kappa shape index (κ3) is 5.32. The fraction of sp³-hybridized carbons (Fsp3) is 0.577. The fourth-order valence-corrected chi connectivity index (χ4v) is 4.59. The van der Waals surface area contributed by atoms with Gasteiger partial charge in [-0.2, -0.15) is 0 Å². The van der Waals surface area contributed by atoms with Crippen LogP contribution in [0.3, 0.4) is 0 Å². The molecule has 0 aromatic carbocycles. The quantitative estimate of drug-likeness (QED) is 0.524. The Labute approximate surface area is 187 Å². The first-order chi connectivity index (χ1) is 15.2. The zero-order valence-corrected chi connectivity index (χ0v) is 19.3. The number of aromatic nitrogens is 3. The molecule has 0 saturated carbocycles. The van der Waals surface area contributed by atoms with Gasteiger partial charge in [0.05, 0.1) is 5.69 Å². The first kappa shape index (κ1) is 21.9. The Bertz CT molecular complexity index is 902. The van der Waals surface area contributed by atoms with E-state index in [1.165, 1.54) is 35.5 Å². The maximum atomic E-state index is 5.58. The number of rotatable bonds is 8. The SMILES string of the molecule is C/C=C/Cc1nc(C2CCOCC2)nc2c1CCN2c1ccnc(CCCC(C)C)c1. The van der Waals surface area contributed by atoms with Crippen molar-refractivity contribution < 1.29 is 4.74 Å². The minimum Gasteiger partial charge on any atom is -0.381 e. The summed E-state index contributed by atoms with van der Waals surface area (Å²) in [6, 6.07) is 4.39. The number of aryl methyl sites for hydroxylation is 1. The smallest absolute Gasteiger partial charge is 0.140 e. The van der Waals surface area contributed by atoms with E-state index in [0.717, 1.165) is 69.4 Å². The lowest BCUT2D eigenvalue weighted by Gasteiger charge is -2.24. The zero-order chi connectivity index (χ0) is 21.6. The van der Waals surface area contributed by atoms with Gasteiger partial charge in [-0.1, -0.05) is 32.4 Å². The predicted molar refractivity (Wildman–Crippen MR) is 126 cm³/mol. The number of anilines is 2. The highest BCUT2D eigenvalue weighted by atomic mass is 16.5. The Morgan fingerprint density at radius 2 is 2.06 bits per heavy atom. The van der Waals surface area contributed by atoms with Crippen LogP contribution < -0.4 is 4.90 Å². The lowest BCUT2D eigenvalue weighted by atomic mass is 9.98. The number of ether oxygens (including phenoxy) is 1. The molecule has 31 heavy (non-hydrogen) atoms. The van der Waals surface area contributed by atoms with E-state index in [1.807, 2.05) is 6.20 Å². The third-order valence-electron chi connectivity index (χ3n) is 6.39. The van der Waals surface area contributed by atoms with E-state index >= 15 is 0 Å². The standard InChI is InChI=1S/C26H36N4O/c1-4-5-9-24-23-11-15-30(22-10-14-27-21(18-22)8-6-7-19(2)3)26(23)29-25(28-24)20-12-16-31-17-13-20/h4-5,10,14,18-20H,6-9,11-13,15-17H2,1-3H3/b5-4+. The van der Waals surface area contributed by atoms with Crippen LogP contribution in [0.15, 0.2) is 30.5 Å². The van der Waals surface area contributed by atoms with Gasteiger partial charge in [0.15, 0.2) is 0 Å². The van der Waals surface area contributed by atoms with Crippen LogP contribution in [0.4, 0.5) is 11.5 Å². The first-order valence-electron chi connectivity index (χ1n) is 12.0. The van der Waals surface area contributed by atoms with Crippen LogP contribution >= 0.6 is 0 Å². The molecular formula is C26H36N4O. The lowest BCUT2D eigenvalue weighted by Crippen LogP contribution is -2.19. The van der Waals surface area contributed by atoms with Gasteiger partial charge in [-0.05, 0) is 57.1 Å². The highest BCUT2D eigenvalue weighted by Gasteiger charge is 2.29. The molecule has 4 rings (SSSR count). The van der Waals surface area contributed by atoms with Crippen molar-refractivity contribution in [1.82, 2.24) is 15.0 Å². The van der Waals surface area contributed by atoms with Crippen LogP contribution in [-0.4, -0.2) is 34.7 Å². The summed E-state index contributed by atoms with van der Waals surface area (Å²) in [6.07, 6.45) is 13.6. The molecule has 0 N–H and O–H groups in total. The Hall–Kier alpha value is -2.27. The Kier molecular flexibility index (Phi) is 7.33. The molecule has 166 valence electrons. The first-order valence-corrected chi connectivity index (χ1v) is 12.0. The summed E-state index contributed by atoms with van der Waals surface area (Å²) in [5.41, 5.74) is 4.90. The molecule has 5 nitrogen and oxygen atoms in total. The normalized spacial score (nSPS) is 17.1. The van der Waals surface area contributed by atoms with E-state index in [9.17, 15) is 0 Å². The molecule has 4 heterocycles. The number of fused-ring (bicyclic) bond motifs is 1. The number of hydrogen-bond donors (Lipinski definition) is 0. The predicted octanol–water partition coefficient (Wildman–Crippen LogP) is 5.56.